The number of rotatable bonds is 2. The minimum Gasteiger partial charge on any atom is -0.477 e. The predicted octanol–water partition coefficient (Wildman–Crippen LogP) is 4.17. The normalized spacial score (nSPS) is 17.8. The zero-order chi connectivity index (χ0) is 15.2. The Labute approximate surface area is 137 Å². The zero-order valence-electron chi connectivity index (χ0n) is 9.92. The number of hydrogen-bond donors (Lipinski definition) is 1. The van der Waals surface area contributed by atoms with Crippen molar-refractivity contribution >= 4 is 68.9 Å². The number of halogens is 4. The maximum absolute atomic E-state index is 12.3. The summed E-state index contributed by atoms with van der Waals surface area (Å²) in [6, 6.07) is 0. The van der Waals surface area contributed by atoms with E-state index in [0.717, 1.165) is 0 Å². The first-order chi connectivity index (χ1) is 9.31. The molecular formula is C11H7Cl4NO3S. The maximum atomic E-state index is 12.3. The van der Waals surface area contributed by atoms with Crippen LogP contribution in [0.15, 0.2) is 16.0 Å². The molecule has 1 aliphatic heterocycles. The van der Waals surface area contributed by atoms with Gasteiger partial charge in [-0.15, -0.1) is 0 Å². The Kier molecular flexibility index (Phi) is 4.56. The van der Waals surface area contributed by atoms with E-state index in [9.17, 15) is 9.00 Å². The van der Waals surface area contributed by atoms with Crippen molar-refractivity contribution in [2.75, 3.05) is 11.4 Å². The minimum atomic E-state index is -1.99. The van der Waals surface area contributed by atoms with Crippen LogP contribution in [0.4, 0.5) is 5.69 Å². The van der Waals surface area contributed by atoms with Gasteiger partial charge in [-0.2, -0.15) is 0 Å². The number of carbonyl (C=O) groups is 1. The summed E-state index contributed by atoms with van der Waals surface area (Å²) in [6.45, 7) is 2.18. The van der Waals surface area contributed by atoms with Gasteiger partial charge < -0.3 is 10.0 Å². The van der Waals surface area contributed by atoms with Crippen LogP contribution >= 0.6 is 46.4 Å². The largest absolute Gasteiger partial charge is 0.477 e. The van der Waals surface area contributed by atoms with E-state index in [-0.39, 0.29) is 29.9 Å². The van der Waals surface area contributed by atoms with E-state index in [4.69, 9.17) is 51.5 Å². The minimum absolute atomic E-state index is 0.0414. The summed E-state index contributed by atoms with van der Waals surface area (Å²) in [5.41, 5.74) is 0.317. The lowest BCUT2D eigenvalue weighted by Crippen LogP contribution is -2.26. The Morgan fingerprint density at radius 2 is 1.75 bits per heavy atom. The van der Waals surface area contributed by atoms with Gasteiger partial charge in [-0.3, -0.25) is 0 Å². The van der Waals surface area contributed by atoms with E-state index in [1.54, 1.807) is 6.92 Å². The lowest BCUT2D eigenvalue weighted by atomic mass is 10.2. The van der Waals surface area contributed by atoms with Crippen LogP contribution in [-0.2, 0) is 15.6 Å². The van der Waals surface area contributed by atoms with Crippen LogP contribution in [0.1, 0.15) is 6.92 Å². The van der Waals surface area contributed by atoms with Crippen LogP contribution < -0.4 is 4.90 Å². The first-order valence-electron chi connectivity index (χ1n) is 5.30. The van der Waals surface area contributed by atoms with Gasteiger partial charge in [0.1, 0.15) is 4.91 Å². The van der Waals surface area contributed by atoms with Crippen molar-refractivity contribution in [2.24, 2.45) is 0 Å². The fourth-order valence-electron chi connectivity index (χ4n) is 1.77. The van der Waals surface area contributed by atoms with E-state index in [2.05, 4.69) is 0 Å². The summed E-state index contributed by atoms with van der Waals surface area (Å²) < 4.78 is 12.3. The van der Waals surface area contributed by atoms with Gasteiger partial charge in [0.25, 0.3) is 0 Å². The number of anilines is 1. The van der Waals surface area contributed by atoms with Crippen LogP contribution in [0.3, 0.4) is 0 Å². The fourth-order valence-corrected chi connectivity index (χ4v) is 4.31. The fraction of sp³-hybridized carbons (Fsp3) is 0.182. The third-order valence-electron chi connectivity index (χ3n) is 2.70. The highest BCUT2D eigenvalue weighted by atomic mass is 35.5. The monoisotopic (exact) mass is 373 g/mol. The number of hydrogen-bond acceptors (Lipinski definition) is 3. The molecule has 2 rings (SSSR count). The van der Waals surface area contributed by atoms with Crippen LogP contribution in [0.5, 0.6) is 0 Å². The van der Waals surface area contributed by atoms with E-state index in [1.165, 1.54) is 11.1 Å². The number of fused-ring (bicyclic) bond motifs is 1. The molecule has 1 aliphatic rings. The molecule has 1 N–H and O–H groups in total. The molecular weight excluding hydrogens is 368 g/mol. The van der Waals surface area contributed by atoms with Gasteiger partial charge in [0.2, 0.25) is 0 Å². The number of nitrogens with zero attached hydrogens (tertiary/aromatic N) is 1. The first kappa shape index (κ1) is 15.9. The lowest BCUT2D eigenvalue weighted by Gasteiger charge is -2.29. The quantitative estimate of drug-likeness (QED) is 0.623. The van der Waals surface area contributed by atoms with Gasteiger partial charge in [-0.25, -0.2) is 9.00 Å². The predicted molar refractivity (Wildman–Crippen MR) is 81.6 cm³/mol. The van der Waals surface area contributed by atoms with Crippen molar-refractivity contribution in [3.05, 3.63) is 31.2 Å². The van der Waals surface area contributed by atoms with E-state index < -0.39 is 16.8 Å². The lowest BCUT2D eigenvalue weighted by molar-refractivity contribution is -0.131. The molecule has 0 spiro atoms. The Morgan fingerprint density at radius 3 is 2.25 bits per heavy atom. The van der Waals surface area contributed by atoms with E-state index in [0.29, 0.717) is 12.2 Å². The summed E-state index contributed by atoms with van der Waals surface area (Å²) in [6.07, 6.45) is 1.26. The molecule has 1 aromatic carbocycles. The number of benzene rings is 1. The molecule has 9 heteroatoms. The third kappa shape index (κ3) is 2.31. The molecule has 0 saturated carbocycles. The molecule has 1 unspecified atom stereocenters. The summed E-state index contributed by atoms with van der Waals surface area (Å²) in [4.78, 5) is 12.5. The molecule has 1 aromatic rings. The third-order valence-corrected chi connectivity index (χ3v) is 6.05. The Balaban J connectivity index is 2.85. The average molecular weight is 375 g/mol. The van der Waals surface area contributed by atoms with Crippen molar-refractivity contribution in [2.45, 2.75) is 11.8 Å². The number of carboxylic acid groups (broad SMARTS) is 1. The SMILES string of the molecule is CCN1C=C(C(=O)O)S(=O)c2c(Cl)c(Cl)c(Cl)c(Cl)c21. The second-order valence-electron chi connectivity index (χ2n) is 3.79. The van der Waals surface area contributed by atoms with Gasteiger partial charge in [0, 0.05) is 12.7 Å². The van der Waals surface area contributed by atoms with Gasteiger partial charge in [0.05, 0.1) is 41.5 Å². The van der Waals surface area contributed by atoms with Crippen molar-refractivity contribution in [1.82, 2.24) is 0 Å². The Morgan fingerprint density at radius 1 is 1.20 bits per heavy atom. The molecule has 20 heavy (non-hydrogen) atoms. The first-order valence-corrected chi connectivity index (χ1v) is 7.96. The standard InChI is InChI=1S/C11H7Cl4NO3S/c1-2-16-3-4(11(17)18)20(19)10-8(15)6(13)5(12)7(14)9(10)16/h3H,2H2,1H3,(H,17,18). The molecule has 0 saturated heterocycles. The molecule has 0 amide bonds. The molecule has 0 aromatic heterocycles. The molecule has 0 radical (unpaired) electrons. The van der Waals surface area contributed by atoms with E-state index >= 15 is 0 Å². The van der Waals surface area contributed by atoms with Crippen LogP contribution in [-0.4, -0.2) is 21.8 Å². The Bertz CT molecular complexity index is 674. The van der Waals surface area contributed by atoms with Crippen LogP contribution in [0.2, 0.25) is 20.1 Å². The van der Waals surface area contributed by atoms with Crippen molar-refractivity contribution in [1.29, 1.82) is 0 Å². The molecule has 1 atom stereocenters. The average Bonchev–Trinajstić information content (AvgIpc) is 2.41. The topological polar surface area (TPSA) is 57.6 Å². The number of aliphatic carboxylic acids is 1. The van der Waals surface area contributed by atoms with Crippen molar-refractivity contribution < 1.29 is 14.1 Å². The summed E-state index contributed by atoms with van der Waals surface area (Å²) in [5.74, 6) is -1.30. The second-order valence-corrected chi connectivity index (χ2v) is 6.68. The highest BCUT2D eigenvalue weighted by molar-refractivity contribution is 7.90. The molecule has 0 aliphatic carbocycles. The van der Waals surface area contributed by atoms with E-state index in [1.807, 2.05) is 0 Å². The molecule has 1 heterocycles. The number of carboxylic acids is 1. The van der Waals surface area contributed by atoms with Gasteiger partial charge in [-0.05, 0) is 6.92 Å². The maximum Gasteiger partial charge on any atom is 0.346 e. The molecule has 108 valence electrons. The molecule has 4 nitrogen and oxygen atoms in total. The van der Waals surface area contributed by atoms with Gasteiger partial charge >= 0.3 is 5.97 Å². The smallest absolute Gasteiger partial charge is 0.346 e. The molecule has 0 bridgehead atoms. The van der Waals surface area contributed by atoms with Crippen LogP contribution in [0, 0.1) is 0 Å². The highest BCUT2D eigenvalue weighted by Crippen LogP contribution is 2.49. The highest BCUT2D eigenvalue weighted by Gasteiger charge is 2.34. The molecule has 0 fully saturated rings. The summed E-state index contributed by atoms with van der Waals surface area (Å²) in [5, 5.41) is 9.14. The van der Waals surface area contributed by atoms with Crippen LogP contribution in [0.25, 0.3) is 0 Å². The summed E-state index contributed by atoms with van der Waals surface area (Å²) in [7, 11) is -1.99. The summed E-state index contributed by atoms with van der Waals surface area (Å²) >= 11 is 24.1. The Hall–Kier alpha value is -0.460. The second kappa shape index (κ2) is 5.73. The van der Waals surface area contributed by atoms with Crippen molar-refractivity contribution in [3.8, 4) is 0 Å². The van der Waals surface area contributed by atoms with Gasteiger partial charge in [-0.1, -0.05) is 46.4 Å². The van der Waals surface area contributed by atoms with Crippen molar-refractivity contribution in [3.63, 3.8) is 0 Å². The van der Waals surface area contributed by atoms with Gasteiger partial charge in [0.15, 0.2) is 0 Å². The zero-order valence-corrected chi connectivity index (χ0v) is 13.8.